The molecular formula is C28H42N4O3S. The zero-order chi connectivity index (χ0) is 25.9. The molecule has 0 aliphatic heterocycles. The Morgan fingerprint density at radius 2 is 1.69 bits per heavy atom. The zero-order valence-electron chi connectivity index (χ0n) is 22.4. The molecule has 3 saturated carbocycles. The lowest BCUT2D eigenvalue weighted by atomic mass is 9.73. The summed E-state index contributed by atoms with van der Waals surface area (Å²) >= 11 is 1.53. The minimum absolute atomic E-state index is 0.000351. The number of hydrogen-bond donors (Lipinski definition) is 0. The Morgan fingerprint density at radius 1 is 1.06 bits per heavy atom. The average Bonchev–Trinajstić information content (AvgIpc) is 3.30. The Morgan fingerprint density at radius 3 is 2.28 bits per heavy atom. The Kier molecular flexibility index (Phi) is 8.67. The van der Waals surface area contributed by atoms with Crippen molar-refractivity contribution in [3.8, 4) is 0 Å². The molecule has 1 aromatic rings. The molecule has 4 rings (SSSR count). The van der Waals surface area contributed by atoms with Crippen molar-refractivity contribution in [1.29, 1.82) is 0 Å². The van der Waals surface area contributed by atoms with Crippen molar-refractivity contribution in [2.45, 2.75) is 116 Å². The highest BCUT2D eigenvalue weighted by molar-refractivity contribution is 7.14. The molecule has 0 spiro atoms. The Balaban J connectivity index is 1.67. The molecule has 1 heterocycles. The van der Waals surface area contributed by atoms with Gasteiger partial charge in [0, 0.05) is 27.8 Å². The van der Waals surface area contributed by atoms with Crippen molar-refractivity contribution < 1.29 is 14.3 Å². The summed E-state index contributed by atoms with van der Waals surface area (Å²) in [7, 11) is 1.43. The first-order valence-corrected chi connectivity index (χ1v) is 14.6. The van der Waals surface area contributed by atoms with Crippen LogP contribution in [0.4, 0.5) is 5.69 Å². The highest BCUT2D eigenvalue weighted by atomic mass is 32.1. The predicted molar refractivity (Wildman–Crippen MR) is 144 cm³/mol. The van der Waals surface area contributed by atoms with E-state index >= 15 is 0 Å². The Labute approximate surface area is 219 Å². The van der Waals surface area contributed by atoms with Crippen molar-refractivity contribution >= 4 is 28.9 Å². The summed E-state index contributed by atoms with van der Waals surface area (Å²) in [5.41, 5.74) is 10.00. The molecule has 0 atom stereocenters. The first-order chi connectivity index (χ1) is 17.2. The van der Waals surface area contributed by atoms with Crippen LogP contribution in [0.25, 0.3) is 10.4 Å². The van der Waals surface area contributed by atoms with Gasteiger partial charge in [-0.05, 0) is 106 Å². The first-order valence-electron chi connectivity index (χ1n) is 13.8. The van der Waals surface area contributed by atoms with E-state index in [4.69, 9.17) is 10.3 Å². The number of carbonyl (C=O) groups excluding carboxylic acids is 2. The summed E-state index contributed by atoms with van der Waals surface area (Å²) in [6.07, 6.45) is 11.6. The van der Waals surface area contributed by atoms with E-state index in [0.29, 0.717) is 22.1 Å². The summed E-state index contributed by atoms with van der Waals surface area (Å²) in [5, 5.41) is 3.93. The third-order valence-corrected chi connectivity index (χ3v) is 10.2. The van der Waals surface area contributed by atoms with E-state index < -0.39 is 0 Å². The number of rotatable bonds is 6. The second kappa shape index (κ2) is 11.6. The van der Waals surface area contributed by atoms with Crippen LogP contribution in [0.15, 0.2) is 11.2 Å². The molecule has 8 heteroatoms. The zero-order valence-corrected chi connectivity index (χ0v) is 23.2. The fraction of sp³-hybridized carbons (Fsp3) is 0.786. The molecule has 1 aromatic heterocycles. The van der Waals surface area contributed by atoms with E-state index in [2.05, 4.69) is 36.9 Å². The number of carbonyl (C=O) groups is 2. The third kappa shape index (κ3) is 6.08. The molecule has 7 nitrogen and oxygen atoms in total. The summed E-state index contributed by atoms with van der Waals surface area (Å²) < 4.78 is 5.21. The van der Waals surface area contributed by atoms with Gasteiger partial charge in [0.15, 0.2) is 0 Å². The molecule has 0 saturated heterocycles. The number of methoxy groups -OCH3 is 1. The van der Waals surface area contributed by atoms with E-state index in [1.807, 2.05) is 4.90 Å². The van der Waals surface area contributed by atoms with Crippen LogP contribution in [0.5, 0.6) is 0 Å². The number of amides is 1. The van der Waals surface area contributed by atoms with Gasteiger partial charge in [-0.1, -0.05) is 25.9 Å². The van der Waals surface area contributed by atoms with Gasteiger partial charge in [0.2, 0.25) is 5.91 Å². The number of ether oxygens (including phenoxy) is 1. The molecule has 1 amide bonds. The Hall–Kier alpha value is -2.05. The number of anilines is 1. The molecule has 0 radical (unpaired) electrons. The van der Waals surface area contributed by atoms with Gasteiger partial charge in [0.05, 0.1) is 12.8 Å². The van der Waals surface area contributed by atoms with Gasteiger partial charge >= 0.3 is 5.97 Å². The number of esters is 1. The number of thiophene rings is 1. The minimum atomic E-state index is -0.352. The van der Waals surface area contributed by atoms with Gasteiger partial charge in [0.25, 0.3) is 0 Å². The van der Waals surface area contributed by atoms with E-state index in [9.17, 15) is 9.59 Å². The van der Waals surface area contributed by atoms with Gasteiger partial charge in [-0.25, -0.2) is 4.79 Å². The van der Waals surface area contributed by atoms with Crippen LogP contribution in [0.1, 0.15) is 118 Å². The second-order valence-electron chi connectivity index (χ2n) is 12.1. The van der Waals surface area contributed by atoms with E-state index in [1.165, 1.54) is 36.2 Å². The summed E-state index contributed by atoms with van der Waals surface area (Å²) in [5.74, 6) is 0.896. The van der Waals surface area contributed by atoms with Crippen LogP contribution in [-0.2, 0) is 9.53 Å². The predicted octanol–water partition coefficient (Wildman–Crippen LogP) is 8.00. The van der Waals surface area contributed by atoms with Crippen LogP contribution in [0.2, 0.25) is 0 Å². The van der Waals surface area contributed by atoms with E-state index in [0.717, 1.165) is 69.9 Å². The second-order valence-corrected chi connectivity index (χ2v) is 13.2. The molecule has 36 heavy (non-hydrogen) atoms. The maximum absolute atomic E-state index is 14.1. The molecular weight excluding hydrogens is 472 g/mol. The van der Waals surface area contributed by atoms with Crippen molar-refractivity contribution in [2.75, 3.05) is 12.0 Å². The highest BCUT2D eigenvalue weighted by Gasteiger charge is 2.38. The van der Waals surface area contributed by atoms with Crippen LogP contribution in [0.3, 0.4) is 0 Å². The SMILES string of the molecule is COC(=O)c1sc(C2CCC(C)(C)CC2)cc1N(C(=O)C1CCC(C)CC1)C1CCC(N=[N+]=[N-])CC1. The third-order valence-electron chi connectivity index (χ3n) is 8.95. The van der Waals surface area contributed by atoms with Gasteiger partial charge < -0.3 is 9.64 Å². The molecule has 0 aromatic carbocycles. The van der Waals surface area contributed by atoms with E-state index in [1.54, 1.807) is 0 Å². The molecule has 3 aliphatic carbocycles. The lowest BCUT2D eigenvalue weighted by molar-refractivity contribution is -0.124. The lowest BCUT2D eigenvalue weighted by Crippen LogP contribution is -2.47. The smallest absolute Gasteiger partial charge is 0.350 e. The van der Waals surface area contributed by atoms with Gasteiger partial charge in [-0.3, -0.25) is 4.79 Å². The average molecular weight is 515 g/mol. The highest BCUT2D eigenvalue weighted by Crippen LogP contribution is 2.47. The van der Waals surface area contributed by atoms with Crippen molar-refractivity contribution in [3.05, 3.63) is 26.3 Å². The topological polar surface area (TPSA) is 95.4 Å². The summed E-state index contributed by atoms with van der Waals surface area (Å²) in [6, 6.07) is 2.14. The molecule has 3 fully saturated rings. The number of hydrogen-bond acceptors (Lipinski definition) is 5. The minimum Gasteiger partial charge on any atom is -0.465 e. The maximum atomic E-state index is 14.1. The van der Waals surface area contributed by atoms with Crippen molar-refractivity contribution in [1.82, 2.24) is 0 Å². The molecule has 0 unspecified atom stereocenters. The monoisotopic (exact) mass is 514 g/mol. The quantitative estimate of drug-likeness (QED) is 0.166. The number of azide groups is 1. The van der Waals surface area contributed by atoms with Gasteiger partial charge in [-0.15, -0.1) is 11.3 Å². The van der Waals surface area contributed by atoms with Gasteiger partial charge in [-0.2, -0.15) is 0 Å². The van der Waals surface area contributed by atoms with Crippen LogP contribution in [-0.4, -0.2) is 31.1 Å². The summed E-state index contributed by atoms with van der Waals surface area (Å²) in [4.78, 5) is 33.9. The lowest BCUT2D eigenvalue weighted by Gasteiger charge is -2.39. The van der Waals surface area contributed by atoms with Crippen LogP contribution >= 0.6 is 11.3 Å². The maximum Gasteiger partial charge on any atom is 0.350 e. The first kappa shape index (κ1) is 27.0. The summed E-state index contributed by atoms with van der Waals surface area (Å²) in [6.45, 7) is 6.93. The fourth-order valence-corrected chi connectivity index (χ4v) is 7.64. The van der Waals surface area contributed by atoms with Gasteiger partial charge in [0.1, 0.15) is 4.88 Å². The fourth-order valence-electron chi connectivity index (χ4n) is 6.41. The normalized spacial score (nSPS) is 28.7. The van der Waals surface area contributed by atoms with Crippen molar-refractivity contribution in [3.63, 3.8) is 0 Å². The molecule has 0 N–H and O–H groups in total. The molecule has 198 valence electrons. The number of nitrogens with zero attached hydrogens (tertiary/aromatic N) is 4. The molecule has 0 bridgehead atoms. The standard InChI is InChI=1S/C28H42N4O3S/c1-18-5-7-20(8-6-18)26(33)32(22-11-9-21(10-12-22)30-31-29)23-17-24(36-25(23)27(34)35-4)19-13-15-28(2,3)16-14-19/h17-22H,5-16H2,1-4H3. The largest absolute Gasteiger partial charge is 0.465 e. The Bertz CT molecular complexity index is 973. The van der Waals surface area contributed by atoms with Crippen molar-refractivity contribution in [2.24, 2.45) is 22.4 Å². The van der Waals surface area contributed by atoms with Crippen LogP contribution in [0, 0.1) is 17.3 Å². The van der Waals surface area contributed by atoms with E-state index in [-0.39, 0.29) is 29.9 Å². The molecule has 3 aliphatic rings. The van der Waals surface area contributed by atoms with Crippen LogP contribution < -0.4 is 4.90 Å².